The molecule has 7 nitrogen and oxygen atoms in total. The lowest BCUT2D eigenvalue weighted by atomic mass is 9.84. The number of ether oxygens (including phenoxy) is 2. The number of nitrogens with one attached hydrogen (secondary N) is 2. The van der Waals surface area contributed by atoms with E-state index in [9.17, 15) is 9.59 Å². The number of piperidine rings is 1. The number of benzene rings is 2. The Morgan fingerprint density at radius 1 is 1.10 bits per heavy atom. The van der Waals surface area contributed by atoms with Crippen LogP contribution in [0.25, 0.3) is 0 Å². The Bertz CT molecular complexity index is 1020. The van der Waals surface area contributed by atoms with E-state index in [1.165, 1.54) is 0 Å². The topological polar surface area (TPSA) is 79.9 Å². The molecule has 2 spiro atoms. The summed E-state index contributed by atoms with van der Waals surface area (Å²) in [6.45, 7) is 1.71. The van der Waals surface area contributed by atoms with Crippen LogP contribution in [0.1, 0.15) is 35.2 Å². The minimum absolute atomic E-state index is 0.0700. The highest BCUT2D eigenvalue weighted by Gasteiger charge is 2.53. The fourth-order valence-electron chi connectivity index (χ4n) is 5.06. The first-order valence-corrected chi connectivity index (χ1v) is 10.7. The second kappa shape index (κ2) is 7.57. The van der Waals surface area contributed by atoms with Gasteiger partial charge in [0, 0.05) is 30.8 Å². The number of carbonyl (C=O) groups excluding carboxylic acids is 2. The molecule has 3 aliphatic heterocycles. The first kappa shape index (κ1) is 19.9. The van der Waals surface area contributed by atoms with Crippen LogP contribution in [-0.4, -0.2) is 54.8 Å². The average Bonchev–Trinajstić information content (AvgIpc) is 3.11. The number of nitrogens with zero attached hydrogens (tertiary/aromatic N) is 1. The van der Waals surface area contributed by atoms with E-state index in [1.54, 1.807) is 7.11 Å². The van der Waals surface area contributed by atoms with E-state index in [2.05, 4.69) is 10.6 Å². The highest BCUT2D eigenvalue weighted by molar-refractivity contribution is 6.02. The van der Waals surface area contributed by atoms with Crippen LogP contribution in [0.3, 0.4) is 0 Å². The maximum atomic E-state index is 12.9. The molecule has 3 heterocycles. The lowest BCUT2D eigenvalue weighted by Crippen LogP contribution is -2.59. The molecule has 1 unspecified atom stereocenters. The van der Waals surface area contributed by atoms with Crippen LogP contribution in [-0.2, 0) is 16.0 Å². The van der Waals surface area contributed by atoms with E-state index in [4.69, 9.17) is 9.47 Å². The molecule has 2 aromatic rings. The third kappa shape index (κ3) is 3.63. The molecular weight excluding hydrogens is 394 g/mol. The van der Waals surface area contributed by atoms with E-state index >= 15 is 0 Å². The number of hydrogen-bond donors (Lipinski definition) is 2. The fraction of sp³-hybridized carbons (Fsp3) is 0.417. The Morgan fingerprint density at radius 3 is 2.65 bits per heavy atom. The van der Waals surface area contributed by atoms with E-state index in [0.717, 1.165) is 29.8 Å². The maximum absolute atomic E-state index is 12.9. The van der Waals surface area contributed by atoms with Crippen LogP contribution in [0.2, 0.25) is 0 Å². The Morgan fingerprint density at radius 2 is 1.84 bits per heavy atom. The molecule has 0 bridgehead atoms. The molecule has 162 valence electrons. The predicted octanol–water partition coefficient (Wildman–Crippen LogP) is 2.57. The average molecular weight is 421 g/mol. The molecule has 5 rings (SSSR count). The summed E-state index contributed by atoms with van der Waals surface area (Å²) < 4.78 is 11.7. The van der Waals surface area contributed by atoms with Crippen LogP contribution >= 0.6 is 0 Å². The number of para-hydroxylation sites is 2. The van der Waals surface area contributed by atoms with Crippen molar-refractivity contribution >= 4 is 17.5 Å². The van der Waals surface area contributed by atoms with Crippen LogP contribution in [0.15, 0.2) is 48.5 Å². The SMILES string of the molecule is COc1ccccc1CC(=O)N1CCC2(CC1)CC1(CO2)NC(=O)c2ccccc2N1. The summed E-state index contributed by atoms with van der Waals surface area (Å²) in [7, 11) is 1.62. The summed E-state index contributed by atoms with van der Waals surface area (Å²) in [6, 6.07) is 15.2. The van der Waals surface area contributed by atoms with Crippen molar-refractivity contribution in [2.75, 3.05) is 32.1 Å². The van der Waals surface area contributed by atoms with Gasteiger partial charge in [0.25, 0.3) is 5.91 Å². The van der Waals surface area contributed by atoms with Gasteiger partial charge in [-0.1, -0.05) is 30.3 Å². The van der Waals surface area contributed by atoms with Crippen LogP contribution < -0.4 is 15.4 Å². The zero-order valence-corrected chi connectivity index (χ0v) is 17.6. The van der Waals surface area contributed by atoms with Crippen molar-refractivity contribution in [1.82, 2.24) is 10.2 Å². The van der Waals surface area contributed by atoms with Gasteiger partial charge in [0.1, 0.15) is 11.4 Å². The van der Waals surface area contributed by atoms with Gasteiger partial charge in [0.05, 0.1) is 31.3 Å². The van der Waals surface area contributed by atoms with E-state index in [0.29, 0.717) is 38.1 Å². The number of fused-ring (bicyclic) bond motifs is 1. The van der Waals surface area contributed by atoms with Crippen molar-refractivity contribution < 1.29 is 19.1 Å². The predicted molar refractivity (Wildman–Crippen MR) is 116 cm³/mol. The van der Waals surface area contributed by atoms with Crippen molar-refractivity contribution in [3.05, 3.63) is 59.7 Å². The van der Waals surface area contributed by atoms with E-state index in [1.807, 2.05) is 53.4 Å². The molecule has 2 fully saturated rings. The fourth-order valence-corrected chi connectivity index (χ4v) is 5.06. The Balaban J connectivity index is 1.23. The monoisotopic (exact) mass is 421 g/mol. The minimum Gasteiger partial charge on any atom is -0.496 e. The van der Waals surface area contributed by atoms with Gasteiger partial charge >= 0.3 is 0 Å². The standard InChI is InChI=1S/C24H27N3O4/c1-30-20-9-5-2-6-17(20)14-21(28)27-12-10-23(11-13-27)15-24(16-31-23)25-19-8-4-3-7-18(19)22(29)26-24/h2-9,25H,10-16H2,1H3,(H,26,29). The lowest BCUT2D eigenvalue weighted by Gasteiger charge is -2.41. The second-order valence-electron chi connectivity index (χ2n) is 8.72. The lowest BCUT2D eigenvalue weighted by molar-refractivity contribution is -0.135. The summed E-state index contributed by atoms with van der Waals surface area (Å²) in [5, 5.41) is 6.63. The third-order valence-corrected chi connectivity index (χ3v) is 6.71. The number of likely N-dealkylation sites (tertiary alicyclic amines) is 1. The zero-order chi connectivity index (χ0) is 21.5. The molecule has 2 saturated heterocycles. The summed E-state index contributed by atoms with van der Waals surface area (Å²) >= 11 is 0. The molecule has 0 aliphatic carbocycles. The van der Waals surface area contributed by atoms with Gasteiger partial charge < -0.3 is 25.0 Å². The summed E-state index contributed by atoms with van der Waals surface area (Å²) in [6.07, 6.45) is 2.53. The third-order valence-electron chi connectivity index (χ3n) is 6.71. The number of anilines is 1. The van der Waals surface area contributed by atoms with Gasteiger partial charge in [-0.2, -0.15) is 0 Å². The van der Waals surface area contributed by atoms with Crippen molar-refractivity contribution in [2.24, 2.45) is 0 Å². The normalized spacial score (nSPS) is 23.9. The molecule has 1 atom stereocenters. The molecule has 3 aliphatic rings. The number of amides is 2. The molecule has 7 heteroatoms. The molecular formula is C24H27N3O4. The van der Waals surface area contributed by atoms with Gasteiger partial charge in [-0.25, -0.2) is 0 Å². The highest BCUT2D eigenvalue weighted by atomic mass is 16.5. The minimum atomic E-state index is -0.588. The van der Waals surface area contributed by atoms with Crippen LogP contribution in [0.5, 0.6) is 5.75 Å². The molecule has 2 amide bonds. The van der Waals surface area contributed by atoms with Crippen molar-refractivity contribution in [2.45, 2.75) is 36.9 Å². The molecule has 31 heavy (non-hydrogen) atoms. The first-order chi connectivity index (χ1) is 15.0. The maximum Gasteiger partial charge on any atom is 0.255 e. The second-order valence-corrected chi connectivity index (χ2v) is 8.72. The summed E-state index contributed by atoms with van der Waals surface area (Å²) in [5.74, 6) is 0.772. The van der Waals surface area contributed by atoms with Crippen molar-refractivity contribution in [3.63, 3.8) is 0 Å². The molecule has 0 saturated carbocycles. The molecule has 2 aromatic carbocycles. The van der Waals surface area contributed by atoms with Crippen molar-refractivity contribution in [1.29, 1.82) is 0 Å². The Labute approximate surface area is 181 Å². The Hall–Kier alpha value is -3.06. The largest absolute Gasteiger partial charge is 0.496 e. The highest BCUT2D eigenvalue weighted by Crippen LogP contribution is 2.43. The first-order valence-electron chi connectivity index (χ1n) is 10.7. The summed E-state index contributed by atoms with van der Waals surface area (Å²) in [5.41, 5.74) is 1.49. The Kier molecular flexibility index (Phi) is 4.85. The van der Waals surface area contributed by atoms with Crippen LogP contribution in [0.4, 0.5) is 5.69 Å². The van der Waals surface area contributed by atoms with Gasteiger partial charge in [-0.05, 0) is 31.0 Å². The smallest absolute Gasteiger partial charge is 0.255 e. The van der Waals surface area contributed by atoms with Crippen LogP contribution in [0, 0.1) is 0 Å². The number of carbonyl (C=O) groups is 2. The molecule has 2 N–H and O–H groups in total. The van der Waals surface area contributed by atoms with Gasteiger partial charge in [-0.15, -0.1) is 0 Å². The number of rotatable bonds is 3. The van der Waals surface area contributed by atoms with E-state index < -0.39 is 5.66 Å². The quantitative estimate of drug-likeness (QED) is 0.796. The molecule has 0 radical (unpaired) electrons. The zero-order valence-electron chi connectivity index (χ0n) is 17.6. The molecule has 0 aromatic heterocycles. The summed E-state index contributed by atoms with van der Waals surface area (Å²) in [4.78, 5) is 27.4. The van der Waals surface area contributed by atoms with Crippen molar-refractivity contribution in [3.8, 4) is 5.75 Å². The number of hydrogen-bond acceptors (Lipinski definition) is 5. The van der Waals surface area contributed by atoms with Gasteiger partial charge in [0.2, 0.25) is 5.91 Å². The van der Waals surface area contributed by atoms with Gasteiger partial charge in [0.15, 0.2) is 0 Å². The van der Waals surface area contributed by atoms with Gasteiger partial charge in [-0.3, -0.25) is 9.59 Å². The van der Waals surface area contributed by atoms with E-state index in [-0.39, 0.29) is 17.4 Å². The number of methoxy groups -OCH3 is 1.